The molecule has 1 unspecified atom stereocenters. The largest absolute Gasteiger partial charge is 0.461 e. The summed E-state index contributed by atoms with van der Waals surface area (Å²) in [5.74, 6) is -0.841. The van der Waals surface area contributed by atoms with Crippen LogP contribution in [0.5, 0.6) is 6.01 Å². The van der Waals surface area contributed by atoms with Gasteiger partial charge in [-0.15, -0.1) is 0 Å². The lowest BCUT2D eigenvalue weighted by Crippen LogP contribution is -2.63. The van der Waals surface area contributed by atoms with Gasteiger partial charge in [-0.25, -0.2) is 8.78 Å². The number of fused-ring (bicyclic) bond motifs is 4. The van der Waals surface area contributed by atoms with Crippen LogP contribution in [0.4, 0.5) is 14.6 Å². The fourth-order valence-corrected chi connectivity index (χ4v) is 8.69. The molecule has 45 heavy (non-hydrogen) atoms. The molecular weight excluding hydrogens is 619 g/mol. The fraction of sp³-hybridized carbons (Fsp3) is 0.382. The van der Waals surface area contributed by atoms with E-state index in [9.17, 15) is 9.18 Å². The van der Waals surface area contributed by atoms with Gasteiger partial charge in [0.15, 0.2) is 5.82 Å². The van der Waals surface area contributed by atoms with Crippen LogP contribution in [0, 0.1) is 11.6 Å². The standard InChI is InChI=1S/C34H31Cl2F2N5O2/c1-2-26(44)42-15-10-24-25(42)17-43(24)32-21-16-22(35)28(20-7-3-6-19-8-9-23(37)29(36)27(19)20)30(38)31(21)39-33(40-32)45-18-34-11-4-13-41(34)14-5-12-34/h2-3,6-9,16,24-25H,1,4-5,10-15,17-18H2/t24?,25-/m1/s1. The van der Waals surface area contributed by atoms with Crippen molar-refractivity contribution in [3.05, 3.63) is 70.7 Å². The first-order valence-electron chi connectivity index (χ1n) is 15.4. The van der Waals surface area contributed by atoms with E-state index in [2.05, 4.69) is 21.4 Å². The molecule has 4 fully saturated rings. The van der Waals surface area contributed by atoms with Crippen molar-refractivity contribution in [2.24, 2.45) is 0 Å². The second kappa shape index (κ2) is 10.8. The summed E-state index contributed by atoms with van der Waals surface area (Å²) < 4.78 is 37.9. The van der Waals surface area contributed by atoms with Crippen LogP contribution < -0.4 is 9.64 Å². The number of ether oxygens (including phenoxy) is 1. The Labute approximate surface area is 269 Å². The van der Waals surface area contributed by atoms with E-state index in [-0.39, 0.29) is 50.7 Å². The minimum absolute atomic E-state index is 0.0139. The molecule has 2 atom stereocenters. The summed E-state index contributed by atoms with van der Waals surface area (Å²) in [6, 6.07) is 9.93. The van der Waals surface area contributed by atoms with E-state index in [1.54, 1.807) is 30.3 Å². The highest BCUT2D eigenvalue weighted by Gasteiger charge is 2.50. The van der Waals surface area contributed by atoms with Gasteiger partial charge in [0, 0.05) is 29.4 Å². The summed E-state index contributed by atoms with van der Waals surface area (Å²) in [5.41, 5.74) is 0.463. The number of rotatable bonds is 6. The maximum Gasteiger partial charge on any atom is 0.319 e. The normalized spacial score (nSPS) is 22.1. The van der Waals surface area contributed by atoms with Gasteiger partial charge in [-0.3, -0.25) is 9.69 Å². The summed E-state index contributed by atoms with van der Waals surface area (Å²) in [7, 11) is 0. The van der Waals surface area contributed by atoms with Crippen LogP contribution in [-0.4, -0.2) is 76.1 Å². The Kier molecular flexibility index (Phi) is 6.93. The van der Waals surface area contributed by atoms with E-state index in [1.165, 1.54) is 12.1 Å². The molecule has 4 aliphatic rings. The molecular formula is C34H31Cl2F2N5O2. The first kappa shape index (κ1) is 28.9. The van der Waals surface area contributed by atoms with Crippen molar-refractivity contribution in [1.29, 1.82) is 0 Å². The molecule has 0 spiro atoms. The third-order valence-corrected chi connectivity index (χ3v) is 11.0. The average Bonchev–Trinajstić information content (AvgIpc) is 3.71. The third kappa shape index (κ3) is 4.42. The van der Waals surface area contributed by atoms with Crippen LogP contribution >= 0.6 is 23.2 Å². The summed E-state index contributed by atoms with van der Waals surface area (Å²) in [4.78, 5) is 28.4. The molecule has 0 radical (unpaired) electrons. The lowest BCUT2D eigenvalue weighted by molar-refractivity contribution is -0.127. The van der Waals surface area contributed by atoms with Gasteiger partial charge in [-0.05, 0) is 74.4 Å². The van der Waals surface area contributed by atoms with Crippen LogP contribution in [0.25, 0.3) is 32.8 Å². The number of likely N-dealkylation sites (tertiary alicyclic amines) is 1. The summed E-state index contributed by atoms with van der Waals surface area (Å²) in [6.45, 7) is 7.31. The topological polar surface area (TPSA) is 61.8 Å². The minimum Gasteiger partial charge on any atom is -0.461 e. The van der Waals surface area contributed by atoms with Crippen molar-refractivity contribution in [2.45, 2.75) is 49.7 Å². The highest BCUT2D eigenvalue weighted by molar-refractivity contribution is 6.38. The van der Waals surface area contributed by atoms with E-state index in [0.717, 1.165) is 45.2 Å². The number of hydrogen-bond acceptors (Lipinski definition) is 6. The van der Waals surface area contributed by atoms with Crippen molar-refractivity contribution in [1.82, 2.24) is 19.8 Å². The van der Waals surface area contributed by atoms with Gasteiger partial charge < -0.3 is 14.5 Å². The minimum atomic E-state index is -0.660. The Bertz CT molecular complexity index is 1890. The molecule has 8 rings (SSSR count). The molecule has 4 aromatic rings. The molecule has 0 bridgehead atoms. The van der Waals surface area contributed by atoms with Gasteiger partial charge in [0.1, 0.15) is 23.8 Å². The number of anilines is 1. The summed E-state index contributed by atoms with van der Waals surface area (Å²) in [5, 5.41) is 1.50. The van der Waals surface area contributed by atoms with Crippen LogP contribution in [0.15, 0.2) is 49.1 Å². The highest BCUT2D eigenvalue weighted by Crippen LogP contribution is 2.46. The van der Waals surface area contributed by atoms with Crippen LogP contribution in [0.2, 0.25) is 10.0 Å². The number of nitrogens with zero attached hydrogens (tertiary/aromatic N) is 5. The molecule has 232 valence electrons. The Balaban J connectivity index is 1.26. The zero-order valence-corrected chi connectivity index (χ0v) is 26.1. The molecule has 3 aromatic carbocycles. The van der Waals surface area contributed by atoms with Gasteiger partial charge in [0.25, 0.3) is 0 Å². The molecule has 1 amide bonds. The average molecular weight is 651 g/mol. The first-order chi connectivity index (χ1) is 21.8. The van der Waals surface area contributed by atoms with E-state index in [4.69, 9.17) is 32.9 Å². The van der Waals surface area contributed by atoms with E-state index < -0.39 is 11.6 Å². The molecule has 4 saturated heterocycles. The Hall–Kier alpha value is -3.53. The molecule has 11 heteroatoms. The SMILES string of the molecule is C=CC(=O)N1CCC2[C@H]1CN2c1nc(OCC23CCCN2CCC3)nc2c(F)c(-c3cccc4ccc(F)c(Cl)c34)c(Cl)cc12. The number of amides is 1. The molecule has 1 aromatic heterocycles. The van der Waals surface area contributed by atoms with Gasteiger partial charge in [-0.1, -0.05) is 54.0 Å². The van der Waals surface area contributed by atoms with Gasteiger partial charge in [-0.2, -0.15) is 9.97 Å². The Morgan fingerprint density at radius 1 is 1.09 bits per heavy atom. The fourth-order valence-electron chi connectivity index (χ4n) is 8.12. The zero-order chi connectivity index (χ0) is 31.0. The molecule has 5 heterocycles. The lowest BCUT2D eigenvalue weighted by Gasteiger charge is -2.47. The second-order valence-corrected chi connectivity index (χ2v) is 13.3. The van der Waals surface area contributed by atoms with E-state index >= 15 is 4.39 Å². The maximum atomic E-state index is 16.9. The second-order valence-electron chi connectivity index (χ2n) is 12.6. The van der Waals surface area contributed by atoms with E-state index in [1.807, 2.05) is 4.90 Å². The molecule has 0 saturated carbocycles. The molecule has 4 aliphatic heterocycles. The van der Waals surface area contributed by atoms with Crippen molar-refractivity contribution in [3.63, 3.8) is 0 Å². The van der Waals surface area contributed by atoms with Crippen molar-refractivity contribution < 1.29 is 18.3 Å². The number of aromatic nitrogens is 2. The summed E-state index contributed by atoms with van der Waals surface area (Å²) >= 11 is 13.3. The maximum absolute atomic E-state index is 16.9. The first-order valence-corrected chi connectivity index (χ1v) is 16.2. The highest BCUT2D eigenvalue weighted by atomic mass is 35.5. The van der Waals surface area contributed by atoms with Crippen molar-refractivity contribution in [2.75, 3.05) is 37.7 Å². The molecule has 0 aliphatic carbocycles. The number of hydrogen-bond donors (Lipinski definition) is 0. The van der Waals surface area contributed by atoms with Crippen LogP contribution in [0.1, 0.15) is 32.1 Å². The summed E-state index contributed by atoms with van der Waals surface area (Å²) in [6.07, 6.45) is 6.42. The third-order valence-electron chi connectivity index (χ3n) is 10.4. The van der Waals surface area contributed by atoms with Crippen LogP contribution in [0.3, 0.4) is 0 Å². The van der Waals surface area contributed by atoms with Gasteiger partial charge >= 0.3 is 6.01 Å². The van der Waals surface area contributed by atoms with Gasteiger partial charge in [0.2, 0.25) is 5.91 Å². The number of carbonyl (C=O) groups excluding carboxylic acids is 1. The smallest absolute Gasteiger partial charge is 0.319 e. The number of halogens is 4. The number of benzene rings is 3. The predicted octanol–water partition coefficient (Wildman–Crippen LogP) is 7.02. The van der Waals surface area contributed by atoms with Crippen molar-refractivity contribution >= 4 is 56.6 Å². The zero-order valence-electron chi connectivity index (χ0n) is 24.5. The number of carbonyl (C=O) groups is 1. The van der Waals surface area contributed by atoms with E-state index in [0.29, 0.717) is 47.2 Å². The van der Waals surface area contributed by atoms with Crippen molar-refractivity contribution in [3.8, 4) is 17.1 Å². The van der Waals surface area contributed by atoms with Crippen LogP contribution in [-0.2, 0) is 4.79 Å². The quantitative estimate of drug-likeness (QED) is 0.209. The monoisotopic (exact) mass is 649 g/mol. The lowest BCUT2D eigenvalue weighted by atomic mass is 9.94. The Morgan fingerprint density at radius 3 is 2.67 bits per heavy atom. The molecule has 0 N–H and O–H groups in total. The Morgan fingerprint density at radius 2 is 1.89 bits per heavy atom. The van der Waals surface area contributed by atoms with Gasteiger partial charge in [0.05, 0.1) is 27.7 Å². The predicted molar refractivity (Wildman–Crippen MR) is 172 cm³/mol. The molecule has 7 nitrogen and oxygen atoms in total.